The van der Waals surface area contributed by atoms with Gasteiger partial charge in [0.05, 0.1) is 12.2 Å². The number of amides is 1. The first-order chi connectivity index (χ1) is 15.2. The minimum Gasteiger partial charge on any atom is -0.493 e. The van der Waals surface area contributed by atoms with Gasteiger partial charge >= 0.3 is 5.97 Å². The summed E-state index contributed by atoms with van der Waals surface area (Å²) in [7, 11) is 0. The van der Waals surface area contributed by atoms with Gasteiger partial charge in [-0.05, 0) is 99.4 Å². The molecular weight excluding hydrogens is 406 g/mol. The quantitative estimate of drug-likeness (QED) is 0.678. The predicted octanol–water partition coefficient (Wildman–Crippen LogP) is 4.84. The number of benzene rings is 2. The monoisotopic (exact) mass is 437 g/mol. The number of ether oxygens (including phenoxy) is 2. The van der Waals surface area contributed by atoms with Crippen LogP contribution in [0, 0.1) is 6.92 Å². The molecule has 0 aliphatic carbocycles. The van der Waals surface area contributed by atoms with Crippen molar-refractivity contribution in [2.24, 2.45) is 0 Å². The molecule has 2 aromatic carbocycles. The van der Waals surface area contributed by atoms with E-state index in [1.807, 2.05) is 45.9 Å². The van der Waals surface area contributed by atoms with Gasteiger partial charge in [-0.1, -0.05) is 6.07 Å². The molecule has 2 aliphatic heterocycles. The Morgan fingerprint density at radius 2 is 2.00 bits per heavy atom. The molecule has 0 aromatic heterocycles. The highest BCUT2D eigenvalue weighted by Gasteiger charge is 2.35. The minimum absolute atomic E-state index is 0.628. The number of carboxylic acid groups (broad SMARTS) is 1. The largest absolute Gasteiger partial charge is 0.493 e. The Morgan fingerprint density at radius 3 is 2.69 bits per heavy atom. The fourth-order valence-corrected chi connectivity index (χ4v) is 4.82. The Kier molecular flexibility index (Phi) is 5.99. The molecule has 6 nitrogen and oxygen atoms in total. The smallest absolute Gasteiger partial charge is 0.337 e. The van der Waals surface area contributed by atoms with Crippen LogP contribution in [0.25, 0.3) is 11.1 Å². The molecule has 1 unspecified atom stereocenters. The summed E-state index contributed by atoms with van der Waals surface area (Å²) in [6.07, 6.45) is 3.07. The summed E-state index contributed by atoms with van der Waals surface area (Å²) in [6.45, 7) is 8.90. The van der Waals surface area contributed by atoms with Gasteiger partial charge in [-0.2, -0.15) is 0 Å². The standard InChI is InChI=1S/C26H31NO5/c1-16-13-20-19(8-5-11-27(20)15-28)23(24(25(29)30)32-26(2,3)4)22(16)18-9-10-21-17(14-18)7-6-12-31-21/h9-10,13-15,24H,5-8,11-12H2,1-4H3,(H,29,30). The second kappa shape index (κ2) is 8.58. The van der Waals surface area contributed by atoms with Gasteiger partial charge < -0.3 is 19.5 Å². The number of nitrogens with zero attached hydrogens (tertiary/aromatic N) is 1. The number of aryl methyl sites for hydroxylation is 2. The number of hydrogen-bond donors (Lipinski definition) is 1. The SMILES string of the molecule is Cc1cc2c(c(C(OC(C)(C)C)C(=O)O)c1-c1ccc3c(c1)CCCO3)CCCN2C=O. The van der Waals surface area contributed by atoms with Crippen LogP contribution in [-0.2, 0) is 27.2 Å². The highest BCUT2D eigenvalue weighted by atomic mass is 16.5. The number of fused-ring (bicyclic) bond motifs is 2. The summed E-state index contributed by atoms with van der Waals surface area (Å²) in [5.74, 6) is -0.136. The van der Waals surface area contributed by atoms with E-state index in [0.717, 1.165) is 71.5 Å². The van der Waals surface area contributed by atoms with Crippen LogP contribution in [0.15, 0.2) is 24.3 Å². The maximum atomic E-state index is 12.5. The van der Waals surface area contributed by atoms with Crippen molar-refractivity contribution in [3.05, 3.63) is 46.5 Å². The lowest BCUT2D eigenvalue weighted by Crippen LogP contribution is -2.32. The van der Waals surface area contributed by atoms with Crippen LogP contribution >= 0.6 is 0 Å². The van der Waals surface area contributed by atoms with E-state index in [1.54, 1.807) is 4.90 Å². The highest BCUT2D eigenvalue weighted by Crippen LogP contribution is 2.44. The van der Waals surface area contributed by atoms with Gasteiger partial charge in [-0.15, -0.1) is 0 Å². The number of carboxylic acids is 1. The number of anilines is 1. The first-order valence-corrected chi connectivity index (χ1v) is 11.2. The Labute approximate surface area is 189 Å². The van der Waals surface area contributed by atoms with Crippen LogP contribution in [0.5, 0.6) is 5.75 Å². The third kappa shape index (κ3) is 4.24. The van der Waals surface area contributed by atoms with Crippen LogP contribution < -0.4 is 9.64 Å². The van der Waals surface area contributed by atoms with Crippen molar-refractivity contribution in [2.45, 2.75) is 65.1 Å². The Bertz CT molecular complexity index is 1050. The minimum atomic E-state index is -1.14. The van der Waals surface area contributed by atoms with Gasteiger partial charge in [-0.3, -0.25) is 4.79 Å². The van der Waals surface area contributed by atoms with Gasteiger partial charge in [0.25, 0.3) is 0 Å². The van der Waals surface area contributed by atoms with E-state index in [1.165, 1.54) is 0 Å². The van der Waals surface area contributed by atoms with Gasteiger partial charge in [0.15, 0.2) is 6.10 Å². The molecule has 0 radical (unpaired) electrons. The van der Waals surface area contributed by atoms with E-state index in [2.05, 4.69) is 6.07 Å². The molecule has 1 atom stereocenters. The van der Waals surface area contributed by atoms with Gasteiger partial charge in [-0.25, -0.2) is 4.79 Å². The molecule has 2 heterocycles. The van der Waals surface area contributed by atoms with Gasteiger partial charge in [0.1, 0.15) is 5.75 Å². The Hall–Kier alpha value is -2.86. The molecule has 4 rings (SSSR count). The van der Waals surface area contributed by atoms with Crippen molar-refractivity contribution in [1.29, 1.82) is 0 Å². The van der Waals surface area contributed by atoms with Crippen molar-refractivity contribution < 1.29 is 24.2 Å². The van der Waals surface area contributed by atoms with Crippen LogP contribution in [0.1, 0.15) is 62.0 Å². The number of rotatable bonds is 5. The third-order valence-corrected chi connectivity index (χ3v) is 6.07. The molecule has 6 heteroatoms. The fraction of sp³-hybridized carbons (Fsp3) is 0.462. The zero-order chi connectivity index (χ0) is 23.0. The van der Waals surface area contributed by atoms with Gasteiger partial charge in [0.2, 0.25) is 6.41 Å². The topological polar surface area (TPSA) is 76.1 Å². The van der Waals surface area contributed by atoms with E-state index in [9.17, 15) is 14.7 Å². The molecule has 1 amide bonds. The molecule has 32 heavy (non-hydrogen) atoms. The highest BCUT2D eigenvalue weighted by molar-refractivity contribution is 5.88. The van der Waals surface area contributed by atoms with Crippen molar-refractivity contribution in [1.82, 2.24) is 0 Å². The zero-order valence-corrected chi connectivity index (χ0v) is 19.2. The van der Waals surface area contributed by atoms with Crippen molar-refractivity contribution in [2.75, 3.05) is 18.1 Å². The number of aliphatic carboxylic acids is 1. The Morgan fingerprint density at radius 1 is 1.22 bits per heavy atom. The summed E-state index contributed by atoms with van der Waals surface area (Å²) in [6, 6.07) is 8.10. The average molecular weight is 438 g/mol. The Balaban J connectivity index is 1.99. The molecule has 0 saturated carbocycles. The van der Waals surface area contributed by atoms with Crippen LogP contribution in [0.3, 0.4) is 0 Å². The van der Waals surface area contributed by atoms with Crippen LogP contribution in [0.2, 0.25) is 0 Å². The molecule has 1 N–H and O–H groups in total. The maximum absolute atomic E-state index is 12.5. The normalized spacial score (nSPS) is 16.6. The lowest BCUT2D eigenvalue weighted by atomic mass is 9.83. The summed E-state index contributed by atoms with van der Waals surface area (Å²) in [5.41, 5.74) is 5.56. The molecule has 170 valence electrons. The van der Waals surface area contributed by atoms with E-state index < -0.39 is 17.7 Å². The molecule has 2 aliphatic rings. The molecule has 0 saturated heterocycles. The zero-order valence-electron chi connectivity index (χ0n) is 19.2. The summed E-state index contributed by atoms with van der Waals surface area (Å²) < 4.78 is 11.9. The average Bonchev–Trinajstić information content (AvgIpc) is 2.75. The molecule has 0 fully saturated rings. The second-order valence-electron chi connectivity index (χ2n) is 9.61. The number of carbonyl (C=O) groups is 2. The number of hydrogen-bond acceptors (Lipinski definition) is 4. The summed E-state index contributed by atoms with van der Waals surface area (Å²) >= 11 is 0. The van der Waals surface area contributed by atoms with Crippen molar-refractivity contribution in [3.63, 3.8) is 0 Å². The number of carbonyl (C=O) groups excluding carboxylic acids is 1. The molecule has 2 aromatic rings. The maximum Gasteiger partial charge on any atom is 0.337 e. The lowest BCUT2D eigenvalue weighted by molar-refractivity contribution is -0.160. The van der Waals surface area contributed by atoms with E-state index >= 15 is 0 Å². The summed E-state index contributed by atoms with van der Waals surface area (Å²) in [4.78, 5) is 25.9. The fourth-order valence-electron chi connectivity index (χ4n) is 4.82. The third-order valence-electron chi connectivity index (χ3n) is 6.07. The van der Waals surface area contributed by atoms with Crippen molar-refractivity contribution in [3.8, 4) is 16.9 Å². The van der Waals surface area contributed by atoms with Crippen molar-refractivity contribution >= 4 is 18.1 Å². The van der Waals surface area contributed by atoms with E-state index in [4.69, 9.17) is 9.47 Å². The predicted molar refractivity (Wildman–Crippen MR) is 123 cm³/mol. The summed E-state index contributed by atoms with van der Waals surface area (Å²) in [5, 5.41) is 10.2. The van der Waals surface area contributed by atoms with Gasteiger partial charge in [0, 0.05) is 17.8 Å². The van der Waals surface area contributed by atoms with E-state index in [-0.39, 0.29) is 0 Å². The molecule has 0 bridgehead atoms. The lowest BCUT2D eigenvalue weighted by Gasteiger charge is -2.34. The second-order valence-corrected chi connectivity index (χ2v) is 9.61. The molecular formula is C26H31NO5. The van der Waals surface area contributed by atoms with E-state index in [0.29, 0.717) is 18.5 Å². The first-order valence-electron chi connectivity index (χ1n) is 11.2. The molecule has 0 spiro atoms. The first kappa shape index (κ1) is 22.3. The van der Waals surface area contributed by atoms with Crippen LogP contribution in [0.4, 0.5) is 5.69 Å². The van der Waals surface area contributed by atoms with Crippen LogP contribution in [-0.4, -0.2) is 36.2 Å².